The molecule has 1 aromatic carbocycles. The topological polar surface area (TPSA) is 26.3 Å². The highest BCUT2D eigenvalue weighted by Gasteiger charge is 2.17. The molecule has 4 heteroatoms. The number of ketones is 1. The van der Waals surface area contributed by atoms with Gasteiger partial charge in [0, 0.05) is 12.2 Å². The van der Waals surface area contributed by atoms with E-state index in [4.69, 9.17) is 4.74 Å². The minimum Gasteiger partial charge on any atom is -0.370 e. The predicted molar refractivity (Wildman–Crippen MR) is 74.9 cm³/mol. The van der Waals surface area contributed by atoms with Gasteiger partial charge >= 0.3 is 0 Å². The Bertz CT molecular complexity index is 432. The summed E-state index contributed by atoms with van der Waals surface area (Å²) in [6.07, 6.45) is 4.93. The molecule has 0 radical (unpaired) electrons. The molecule has 0 saturated carbocycles. The van der Waals surface area contributed by atoms with Gasteiger partial charge in [0.15, 0.2) is 17.4 Å². The Kier molecular flexibility index (Phi) is 7.37. The van der Waals surface area contributed by atoms with E-state index in [1.807, 2.05) is 0 Å². The summed E-state index contributed by atoms with van der Waals surface area (Å²) in [7, 11) is 0. The lowest BCUT2D eigenvalue weighted by Crippen LogP contribution is -2.21. The highest BCUT2D eigenvalue weighted by atomic mass is 19.2. The van der Waals surface area contributed by atoms with Crippen molar-refractivity contribution in [3.8, 4) is 0 Å². The van der Waals surface area contributed by atoms with E-state index in [1.54, 1.807) is 6.92 Å². The van der Waals surface area contributed by atoms with Crippen LogP contribution in [-0.4, -0.2) is 18.5 Å². The van der Waals surface area contributed by atoms with Crippen molar-refractivity contribution in [1.29, 1.82) is 0 Å². The van der Waals surface area contributed by atoms with Crippen molar-refractivity contribution >= 4 is 5.78 Å². The highest BCUT2D eigenvalue weighted by molar-refractivity contribution is 5.99. The lowest BCUT2D eigenvalue weighted by Gasteiger charge is -2.12. The molecule has 0 fully saturated rings. The Morgan fingerprint density at radius 2 is 1.85 bits per heavy atom. The Morgan fingerprint density at radius 3 is 2.50 bits per heavy atom. The molecule has 1 rings (SSSR count). The van der Waals surface area contributed by atoms with Crippen LogP contribution in [0.4, 0.5) is 8.78 Å². The highest BCUT2D eigenvalue weighted by Crippen LogP contribution is 2.12. The van der Waals surface area contributed by atoms with Crippen molar-refractivity contribution in [2.45, 2.75) is 52.1 Å². The van der Waals surface area contributed by atoms with Gasteiger partial charge in [-0.1, -0.05) is 32.6 Å². The predicted octanol–water partition coefficient (Wildman–Crippen LogP) is 4.52. The number of hydrogen-bond acceptors (Lipinski definition) is 2. The normalized spacial score (nSPS) is 12.4. The van der Waals surface area contributed by atoms with E-state index in [0.29, 0.717) is 6.61 Å². The Balaban J connectivity index is 2.37. The maximum atomic E-state index is 13.1. The van der Waals surface area contributed by atoms with E-state index < -0.39 is 17.7 Å². The van der Waals surface area contributed by atoms with Crippen molar-refractivity contribution < 1.29 is 18.3 Å². The van der Waals surface area contributed by atoms with Crippen LogP contribution in [0, 0.1) is 11.6 Å². The molecule has 0 aliphatic rings. The maximum Gasteiger partial charge on any atom is 0.191 e. The van der Waals surface area contributed by atoms with E-state index in [-0.39, 0.29) is 11.3 Å². The Morgan fingerprint density at radius 1 is 1.15 bits per heavy atom. The van der Waals surface area contributed by atoms with Crippen molar-refractivity contribution in [2.24, 2.45) is 0 Å². The van der Waals surface area contributed by atoms with Crippen LogP contribution in [0.1, 0.15) is 56.3 Å². The monoisotopic (exact) mass is 284 g/mol. The van der Waals surface area contributed by atoms with Gasteiger partial charge in [-0.2, -0.15) is 0 Å². The molecule has 0 heterocycles. The second-order valence-corrected chi connectivity index (χ2v) is 4.92. The molecule has 0 aliphatic carbocycles. The lowest BCUT2D eigenvalue weighted by atomic mass is 10.1. The smallest absolute Gasteiger partial charge is 0.191 e. The van der Waals surface area contributed by atoms with Crippen molar-refractivity contribution in [3.05, 3.63) is 35.4 Å². The van der Waals surface area contributed by atoms with Crippen LogP contribution >= 0.6 is 0 Å². The largest absolute Gasteiger partial charge is 0.370 e. The third kappa shape index (κ3) is 5.37. The lowest BCUT2D eigenvalue weighted by molar-refractivity contribution is 0.0463. The molecule has 0 spiro atoms. The number of rotatable bonds is 9. The third-order valence-corrected chi connectivity index (χ3v) is 3.19. The summed E-state index contributed by atoms with van der Waals surface area (Å²) in [6, 6.07) is 3.15. The molecule has 0 amide bonds. The number of benzene rings is 1. The average Bonchev–Trinajstić information content (AvgIpc) is 2.44. The standard InChI is InChI=1S/C16H22F2O2/c1-3-4-5-6-7-10-20-12(2)16(19)13-8-9-14(17)15(18)11-13/h8-9,11-12H,3-7,10H2,1-2H3. The average molecular weight is 284 g/mol. The Hall–Kier alpha value is -1.29. The first kappa shape index (κ1) is 16.8. The first-order valence-electron chi connectivity index (χ1n) is 7.17. The zero-order valence-electron chi connectivity index (χ0n) is 12.1. The van der Waals surface area contributed by atoms with Crippen LogP contribution in [0.15, 0.2) is 18.2 Å². The third-order valence-electron chi connectivity index (χ3n) is 3.19. The molecule has 1 unspecified atom stereocenters. The fourth-order valence-electron chi connectivity index (χ4n) is 1.93. The summed E-state index contributed by atoms with van der Waals surface area (Å²) >= 11 is 0. The minimum absolute atomic E-state index is 0.141. The zero-order valence-corrected chi connectivity index (χ0v) is 12.1. The second kappa shape index (κ2) is 8.80. The number of carbonyl (C=O) groups excluding carboxylic acids is 1. The molecule has 1 aromatic rings. The van der Waals surface area contributed by atoms with E-state index in [9.17, 15) is 13.6 Å². The molecular weight excluding hydrogens is 262 g/mol. The summed E-state index contributed by atoms with van der Waals surface area (Å²) < 4.78 is 31.3. The molecule has 0 aliphatic heterocycles. The quantitative estimate of drug-likeness (QED) is 0.492. The number of carbonyl (C=O) groups is 1. The second-order valence-electron chi connectivity index (χ2n) is 4.92. The molecule has 0 bridgehead atoms. The van der Waals surface area contributed by atoms with Gasteiger partial charge in [0.2, 0.25) is 0 Å². The number of ether oxygens (including phenoxy) is 1. The summed E-state index contributed by atoms with van der Waals surface area (Å²) in [5.74, 6) is -2.29. The summed E-state index contributed by atoms with van der Waals surface area (Å²) in [6.45, 7) is 4.30. The van der Waals surface area contributed by atoms with Crippen LogP contribution in [0.25, 0.3) is 0 Å². The summed E-state index contributed by atoms with van der Waals surface area (Å²) in [4.78, 5) is 12.0. The zero-order chi connectivity index (χ0) is 15.0. The summed E-state index contributed by atoms with van der Waals surface area (Å²) in [5, 5.41) is 0. The van der Waals surface area contributed by atoms with Crippen LogP contribution in [0.3, 0.4) is 0 Å². The number of halogens is 2. The van der Waals surface area contributed by atoms with Crippen LogP contribution in [-0.2, 0) is 4.74 Å². The molecule has 0 N–H and O–H groups in total. The van der Waals surface area contributed by atoms with E-state index in [1.165, 1.54) is 25.3 Å². The SMILES string of the molecule is CCCCCCCOC(C)C(=O)c1ccc(F)c(F)c1. The van der Waals surface area contributed by atoms with E-state index in [0.717, 1.165) is 25.0 Å². The van der Waals surface area contributed by atoms with Gasteiger partial charge in [0.05, 0.1) is 0 Å². The van der Waals surface area contributed by atoms with Crippen molar-refractivity contribution in [2.75, 3.05) is 6.61 Å². The van der Waals surface area contributed by atoms with Gasteiger partial charge in [-0.15, -0.1) is 0 Å². The molecule has 112 valence electrons. The van der Waals surface area contributed by atoms with Crippen LogP contribution in [0.5, 0.6) is 0 Å². The number of Topliss-reactive ketones (excluding diaryl/α,β-unsaturated/α-hetero) is 1. The Labute approximate surface area is 119 Å². The van der Waals surface area contributed by atoms with E-state index >= 15 is 0 Å². The number of unbranched alkanes of at least 4 members (excludes halogenated alkanes) is 4. The van der Waals surface area contributed by atoms with Crippen LogP contribution in [0.2, 0.25) is 0 Å². The molecule has 1 atom stereocenters. The van der Waals surface area contributed by atoms with Gasteiger partial charge in [0.25, 0.3) is 0 Å². The first-order chi connectivity index (χ1) is 9.56. The number of hydrogen-bond donors (Lipinski definition) is 0. The van der Waals surface area contributed by atoms with E-state index in [2.05, 4.69) is 6.92 Å². The van der Waals surface area contributed by atoms with Gasteiger partial charge in [0.1, 0.15) is 6.10 Å². The maximum absolute atomic E-state index is 13.1. The van der Waals surface area contributed by atoms with Gasteiger partial charge in [-0.05, 0) is 31.5 Å². The molecule has 20 heavy (non-hydrogen) atoms. The molecule has 2 nitrogen and oxygen atoms in total. The first-order valence-corrected chi connectivity index (χ1v) is 7.17. The minimum atomic E-state index is -1.01. The van der Waals surface area contributed by atoms with Gasteiger partial charge in [-0.3, -0.25) is 4.79 Å². The molecular formula is C16H22F2O2. The molecule has 0 aromatic heterocycles. The van der Waals surface area contributed by atoms with Crippen LogP contribution < -0.4 is 0 Å². The fourth-order valence-corrected chi connectivity index (χ4v) is 1.93. The van der Waals surface area contributed by atoms with Gasteiger partial charge in [-0.25, -0.2) is 8.78 Å². The van der Waals surface area contributed by atoms with Crippen molar-refractivity contribution in [1.82, 2.24) is 0 Å². The van der Waals surface area contributed by atoms with Crippen molar-refractivity contribution in [3.63, 3.8) is 0 Å². The van der Waals surface area contributed by atoms with Gasteiger partial charge < -0.3 is 4.74 Å². The summed E-state index contributed by atoms with van der Waals surface area (Å²) in [5.41, 5.74) is 0.141. The fraction of sp³-hybridized carbons (Fsp3) is 0.562. The molecule has 0 saturated heterocycles.